The Morgan fingerprint density at radius 1 is 1.16 bits per heavy atom. The quantitative estimate of drug-likeness (QED) is 0.526. The topological polar surface area (TPSA) is 82.4 Å². The fourth-order valence-corrected chi connectivity index (χ4v) is 5.90. The molecule has 8 nitrogen and oxygen atoms in total. The van der Waals surface area contributed by atoms with Gasteiger partial charge in [0, 0.05) is 31.3 Å². The predicted molar refractivity (Wildman–Crippen MR) is 122 cm³/mol. The second-order valence-electron chi connectivity index (χ2n) is 7.97. The third kappa shape index (κ3) is 4.19. The van der Waals surface area contributed by atoms with Crippen LogP contribution in [0.1, 0.15) is 39.7 Å². The minimum absolute atomic E-state index is 0.0238. The molecule has 1 amide bonds. The number of ether oxygens (including phenoxy) is 2. The first-order chi connectivity index (χ1) is 15.5. The molecule has 5 rings (SSSR count). The Hall–Kier alpha value is -2.27. The number of hydrogen-bond donors (Lipinski definition) is 0. The van der Waals surface area contributed by atoms with E-state index in [1.165, 1.54) is 11.3 Å². The Bertz CT molecular complexity index is 1110. The minimum Gasteiger partial charge on any atom is -0.347 e. The molecule has 0 atom stereocenters. The Morgan fingerprint density at radius 3 is 2.66 bits per heavy atom. The average molecular weight is 472 g/mol. The smallest absolute Gasteiger partial charge is 0.273 e. The monoisotopic (exact) mass is 471 g/mol. The number of carbonyl (C=O) groups is 1. The molecule has 1 aromatic carbocycles. The standard InChI is InChI=1S/C22H25N5O3S2/c1-15-5-3-4-6-18(15)27-16(2)24-25-21(27)32-14-19-23-17(13-31-19)20(28)26-9-7-22(8-10-26)29-11-12-30-22/h3-6,13H,7-12,14H2,1-2H3. The third-order valence-corrected chi connectivity index (χ3v) is 7.84. The summed E-state index contributed by atoms with van der Waals surface area (Å²) in [7, 11) is 0. The van der Waals surface area contributed by atoms with E-state index >= 15 is 0 Å². The number of para-hydroxylation sites is 1. The lowest BCUT2D eigenvalue weighted by Crippen LogP contribution is -2.47. The summed E-state index contributed by atoms with van der Waals surface area (Å²) < 4.78 is 13.6. The number of hydrogen-bond acceptors (Lipinski definition) is 8. The van der Waals surface area contributed by atoms with Crippen molar-refractivity contribution in [3.63, 3.8) is 0 Å². The van der Waals surface area contributed by atoms with E-state index in [1.807, 2.05) is 29.3 Å². The maximum absolute atomic E-state index is 12.9. The average Bonchev–Trinajstić information content (AvgIpc) is 3.54. The van der Waals surface area contributed by atoms with Crippen molar-refractivity contribution in [3.8, 4) is 5.69 Å². The summed E-state index contributed by atoms with van der Waals surface area (Å²) in [5.74, 6) is 0.970. The SMILES string of the molecule is Cc1ccccc1-n1c(C)nnc1SCc1nc(C(=O)N2CCC3(CC2)OCCO3)cs1. The molecule has 0 bridgehead atoms. The lowest BCUT2D eigenvalue weighted by Gasteiger charge is -2.37. The van der Waals surface area contributed by atoms with Gasteiger partial charge >= 0.3 is 0 Å². The van der Waals surface area contributed by atoms with Gasteiger partial charge in [-0.15, -0.1) is 21.5 Å². The summed E-state index contributed by atoms with van der Waals surface area (Å²) in [5.41, 5.74) is 2.74. The first-order valence-corrected chi connectivity index (χ1v) is 12.5. The molecule has 10 heteroatoms. The van der Waals surface area contributed by atoms with Crippen molar-refractivity contribution >= 4 is 29.0 Å². The number of thiazole rings is 1. The molecule has 0 aliphatic carbocycles. The molecule has 2 saturated heterocycles. The Kier molecular flexibility index (Phi) is 6.02. The molecule has 32 heavy (non-hydrogen) atoms. The molecule has 2 aromatic heterocycles. The van der Waals surface area contributed by atoms with Crippen LogP contribution in [-0.2, 0) is 15.2 Å². The summed E-state index contributed by atoms with van der Waals surface area (Å²) in [6.45, 7) is 6.55. The predicted octanol–water partition coefficient (Wildman–Crippen LogP) is 3.61. The van der Waals surface area contributed by atoms with Gasteiger partial charge in [-0.1, -0.05) is 30.0 Å². The fourth-order valence-electron chi connectivity index (χ4n) is 4.13. The molecule has 0 saturated carbocycles. The molecule has 3 aromatic rings. The second-order valence-corrected chi connectivity index (χ2v) is 9.85. The van der Waals surface area contributed by atoms with Crippen LogP contribution in [0.3, 0.4) is 0 Å². The molecule has 4 heterocycles. The maximum Gasteiger partial charge on any atom is 0.273 e. The van der Waals surface area contributed by atoms with Crippen LogP contribution >= 0.6 is 23.1 Å². The molecule has 2 aliphatic heterocycles. The Labute approximate surface area is 195 Å². The van der Waals surface area contributed by atoms with Gasteiger partial charge in [0.15, 0.2) is 10.9 Å². The van der Waals surface area contributed by atoms with Crippen molar-refractivity contribution in [2.24, 2.45) is 0 Å². The molecular weight excluding hydrogens is 446 g/mol. The number of benzene rings is 1. The zero-order valence-corrected chi connectivity index (χ0v) is 19.7. The van der Waals surface area contributed by atoms with Gasteiger partial charge in [-0.2, -0.15) is 0 Å². The largest absolute Gasteiger partial charge is 0.347 e. The second kappa shape index (κ2) is 8.93. The highest BCUT2D eigenvalue weighted by atomic mass is 32.2. The molecular formula is C22H25N5O3S2. The summed E-state index contributed by atoms with van der Waals surface area (Å²) in [4.78, 5) is 19.4. The highest BCUT2D eigenvalue weighted by Gasteiger charge is 2.41. The van der Waals surface area contributed by atoms with Crippen molar-refractivity contribution in [2.45, 2.75) is 43.4 Å². The van der Waals surface area contributed by atoms with Crippen molar-refractivity contribution in [1.29, 1.82) is 0 Å². The van der Waals surface area contributed by atoms with Gasteiger partial charge in [0.1, 0.15) is 16.5 Å². The lowest BCUT2D eigenvalue weighted by molar-refractivity contribution is -0.181. The van der Waals surface area contributed by atoms with Crippen molar-refractivity contribution < 1.29 is 14.3 Å². The van der Waals surface area contributed by atoms with Gasteiger partial charge in [-0.25, -0.2) is 4.98 Å². The van der Waals surface area contributed by atoms with Crippen LogP contribution in [0.2, 0.25) is 0 Å². The number of aryl methyl sites for hydroxylation is 2. The van der Waals surface area contributed by atoms with E-state index in [-0.39, 0.29) is 5.91 Å². The van der Waals surface area contributed by atoms with Gasteiger partial charge < -0.3 is 14.4 Å². The normalized spacial score (nSPS) is 17.9. The van der Waals surface area contributed by atoms with Crippen LogP contribution in [0, 0.1) is 13.8 Å². The third-order valence-electron chi connectivity index (χ3n) is 5.87. The number of carbonyl (C=O) groups excluding carboxylic acids is 1. The summed E-state index contributed by atoms with van der Waals surface area (Å²) in [6.07, 6.45) is 1.42. The molecule has 2 fully saturated rings. The van der Waals surface area contributed by atoms with Crippen molar-refractivity contribution in [1.82, 2.24) is 24.6 Å². The first-order valence-electron chi connectivity index (χ1n) is 10.7. The van der Waals surface area contributed by atoms with E-state index < -0.39 is 5.79 Å². The van der Waals surface area contributed by atoms with E-state index in [2.05, 4.69) is 38.8 Å². The molecule has 2 aliphatic rings. The number of amides is 1. The number of thioether (sulfide) groups is 1. The Morgan fingerprint density at radius 2 is 1.91 bits per heavy atom. The van der Waals surface area contributed by atoms with Crippen LogP contribution < -0.4 is 0 Å². The van der Waals surface area contributed by atoms with Crippen LogP contribution in [-0.4, -0.2) is 62.6 Å². The van der Waals surface area contributed by atoms with Gasteiger partial charge in [0.25, 0.3) is 5.91 Å². The van der Waals surface area contributed by atoms with E-state index in [0.29, 0.717) is 50.6 Å². The number of piperidine rings is 1. The number of aromatic nitrogens is 4. The van der Waals surface area contributed by atoms with Crippen LogP contribution in [0.4, 0.5) is 0 Å². The van der Waals surface area contributed by atoms with Gasteiger partial charge in [0.05, 0.1) is 24.7 Å². The van der Waals surface area contributed by atoms with E-state index in [9.17, 15) is 4.79 Å². The summed E-state index contributed by atoms with van der Waals surface area (Å²) in [5, 5.41) is 12.2. The minimum atomic E-state index is -0.480. The molecule has 0 radical (unpaired) electrons. The van der Waals surface area contributed by atoms with Crippen LogP contribution in [0.25, 0.3) is 5.69 Å². The van der Waals surface area contributed by atoms with Gasteiger partial charge in [0.2, 0.25) is 0 Å². The zero-order valence-electron chi connectivity index (χ0n) is 18.1. The Balaban J connectivity index is 1.23. The van der Waals surface area contributed by atoms with Crippen LogP contribution in [0.5, 0.6) is 0 Å². The first kappa shape index (κ1) is 21.6. The highest BCUT2D eigenvalue weighted by Crippen LogP contribution is 2.32. The highest BCUT2D eigenvalue weighted by molar-refractivity contribution is 7.98. The maximum atomic E-state index is 12.9. The van der Waals surface area contributed by atoms with E-state index in [0.717, 1.165) is 27.2 Å². The van der Waals surface area contributed by atoms with Crippen molar-refractivity contribution in [2.75, 3.05) is 26.3 Å². The van der Waals surface area contributed by atoms with Gasteiger partial charge in [-0.3, -0.25) is 9.36 Å². The van der Waals surface area contributed by atoms with Gasteiger partial charge in [-0.05, 0) is 25.5 Å². The molecule has 168 valence electrons. The molecule has 0 unspecified atom stereocenters. The molecule has 0 N–H and O–H groups in total. The van der Waals surface area contributed by atoms with E-state index in [4.69, 9.17) is 9.47 Å². The summed E-state index contributed by atoms with van der Waals surface area (Å²) >= 11 is 3.08. The number of rotatable bonds is 5. The lowest BCUT2D eigenvalue weighted by atomic mass is 10.0. The molecule has 1 spiro atoms. The van der Waals surface area contributed by atoms with Crippen LogP contribution in [0.15, 0.2) is 34.8 Å². The fraction of sp³-hybridized carbons (Fsp3) is 0.455. The summed E-state index contributed by atoms with van der Waals surface area (Å²) in [6, 6.07) is 8.19. The van der Waals surface area contributed by atoms with Crippen molar-refractivity contribution in [3.05, 3.63) is 51.7 Å². The number of nitrogens with zero attached hydrogens (tertiary/aromatic N) is 5. The zero-order chi connectivity index (χ0) is 22.1. The number of likely N-dealkylation sites (tertiary alicyclic amines) is 1. The van der Waals surface area contributed by atoms with E-state index in [1.54, 1.807) is 11.8 Å².